The first-order valence-electron chi connectivity index (χ1n) is 8.51. The number of rotatable bonds is 3. The number of ether oxygens (including phenoxy) is 1. The molecule has 4 rings (SSSR count). The minimum atomic E-state index is -0.411. The molecule has 0 aliphatic rings. The summed E-state index contributed by atoms with van der Waals surface area (Å²) in [4.78, 5) is 11.5. The normalized spacial score (nSPS) is 11.8. The Morgan fingerprint density at radius 1 is 1.19 bits per heavy atom. The van der Waals surface area contributed by atoms with Crippen molar-refractivity contribution in [3.05, 3.63) is 59.0 Å². The molecule has 0 saturated heterocycles. The van der Waals surface area contributed by atoms with Gasteiger partial charge in [-0.25, -0.2) is 4.98 Å². The number of benzene rings is 2. The summed E-state index contributed by atoms with van der Waals surface area (Å²) in [6.07, 6.45) is 1.95. The van der Waals surface area contributed by atoms with E-state index in [1.54, 1.807) is 13.2 Å². The largest absolute Gasteiger partial charge is 0.496 e. The van der Waals surface area contributed by atoms with Gasteiger partial charge in [0.15, 0.2) is 0 Å². The molecule has 130 valence electrons. The molecule has 5 heteroatoms. The van der Waals surface area contributed by atoms with Gasteiger partial charge in [0.05, 0.1) is 35.2 Å². The van der Waals surface area contributed by atoms with Gasteiger partial charge in [0.1, 0.15) is 11.6 Å². The van der Waals surface area contributed by atoms with E-state index in [0.717, 1.165) is 44.6 Å². The molecule has 0 saturated carbocycles. The average Bonchev–Trinajstić information content (AvgIpc) is 3.27. The number of imidazole rings is 1. The monoisotopic (exact) mass is 344 g/mol. The Bertz CT molecular complexity index is 1170. The minimum absolute atomic E-state index is 0.411. The molecule has 2 N–H and O–H groups in total. The molecule has 0 atom stereocenters. The van der Waals surface area contributed by atoms with Crippen LogP contribution in [0, 0.1) is 18.3 Å². The number of methoxy groups -OCH3 is 1. The summed E-state index contributed by atoms with van der Waals surface area (Å²) in [5.74, 6) is 1.69. The van der Waals surface area contributed by atoms with Gasteiger partial charge < -0.3 is 14.7 Å². The van der Waals surface area contributed by atoms with Crippen molar-refractivity contribution in [3.8, 4) is 11.8 Å². The van der Waals surface area contributed by atoms with E-state index in [1.165, 1.54) is 0 Å². The number of H-pyrrole nitrogens is 2. The third kappa shape index (κ3) is 2.26. The molecular weight excluding hydrogens is 324 g/mol. The molecule has 0 aliphatic heterocycles. The second kappa shape index (κ2) is 5.63. The van der Waals surface area contributed by atoms with E-state index in [9.17, 15) is 0 Å². The van der Waals surface area contributed by atoms with Crippen molar-refractivity contribution in [1.29, 1.82) is 5.26 Å². The summed E-state index contributed by atoms with van der Waals surface area (Å²) in [6, 6.07) is 11.8. The van der Waals surface area contributed by atoms with Crippen LogP contribution in [0.3, 0.4) is 0 Å². The lowest BCUT2D eigenvalue weighted by molar-refractivity contribution is 0.400. The summed E-state index contributed by atoms with van der Waals surface area (Å²) in [7, 11) is 1.70. The van der Waals surface area contributed by atoms with E-state index in [0.29, 0.717) is 5.56 Å². The average molecular weight is 344 g/mol. The lowest BCUT2D eigenvalue weighted by Gasteiger charge is -2.26. The molecule has 2 heterocycles. The van der Waals surface area contributed by atoms with Gasteiger partial charge in [-0.1, -0.05) is 0 Å². The maximum absolute atomic E-state index is 9.12. The maximum atomic E-state index is 9.12. The van der Waals surface area contributed by atoms with Gasteiger partial charge in [0.2, 0.25) is 0 Å². The molecule has 0 unspecified atom stereocenters. The van der Waals surface area contributed by atoms with Crippen LogP contribution in [0.5, 0.6) is 5.75 Å². The lowest BCUT2D eigenvalue weighted by Crippen LogP contribution is -2.22. The zero-order valence-corrected chi connectivity index (χ0v) is 15.3. The van der Waals surface area contributed by atoms with E-state index in [2.05, 4.69) is 48.9 Å². The molecule has 0 amide bonds. The van der Waals surface area contributed by atoms with Crippen molar-refractivity contribution in [3.63, 3.8) is 0 Å². The summed E-state index contributed by atoms with van der Waals surface area (Å²) in [5, 5.41) is 10.3. The molecule has 0 fully saturated rings. The predicted octanol–water partition coefficient (Wildman–Crippen LogP) is 4.56. The van der Waals surface area contributed by atoms with Crippen molar-refractivity contribution < 1.29 is 4.74 Å². The summed E-state index contributed by atoms with van der Waals surface area (Å²) in [6.45, 7) is 6.34. The van der Waals surface area contributed by atoms with Gasteiger partial charge in [-0.2, -0.15) is 5.26 Å². The Hall–Kier alpha value is -3.26. The number of aromatic amines is 2. The molecule has 0 aliphatic carbocycles. The number of aryl methyl sites for hydroxylation is 1. The van der Waals surface area contributed by atoms with E-state index in [1.807, 2.05) is 18.3 Å². The number of hydrogen-bond donors (Lipinski definition) is 2. The van der Waals surface area contributed by atoms with Crippen LogP contribution in [-0.2, 0) is 5.41 Å². The Morgan fingerprint density at radius 3 is 2.73 bits per heavy atom. The van der Waals surface area contributed by atoms with Crippen LogP contribution in [0.2, 0.25) is 0 Å². The molecule has 0 spiro atoms. The van der Waals surface area contributed by atoms with E-state index in [4.69, 9.17) is 15.0 Å². The molecule has 2 aromatic carbocycles. The quantitative estimate of drug-likeness (QED) is 0.572. The summed E-state index contributed by atoms with van der Waals surface area (Å²) < 4.78 is 5.72. The van der Waals surface area contributed by atoms with Crippen LogP contribution >= 0.6 is 0 Å². The first-order valence-corrected chi connectivity index (χ1v) is 8.51. The highest BCUT2D eigenvalue weighted by atomic mass is 16.5. The molecular formula is C21H20N4O. The first-order chi connectivity index (χ1) is 12.5. The summed E-state index contributed by atoms with van der Waals surface area (Å²) in [5.41, 5.74) is 5.25. The maximum Gasteiger partial charge on any atom is 0.124 e. The molecule has 5 nitrogen and oxygen atoms in total. The van der Waals surface area contributed by atoms with Crippen LogP contribution in [0.25, 0.3) is 21.9 Å². The fraction of sp³-hybridized carbons (Fsp3) is 0.238. The van der Waals surface area contributed by atoms with Crippen molar-refractivity contribution in [2.75, 3.05) is 7.11 Å². The van der Waals surface area contributed by atoms with Crippen LogP contribution in [0.1, 0.15) is 36.4 Å². The van der Waals surface area contributed by atoms with E-state index in [-0.39, 0.29) is 0 Å². The number of fused-ring (bicyclic) bond motifs is 2. The van der Waals surface area contributed by atoms with Crippen LogP contribution < -0.4 is 4.74 Å². The van der Waals surface area contributed by atoms with Crippen molar-refractivity contribution in [2.45, 2.75) is 26.2 Å². The summed E-state index contributed by atoms with van der Waals surface area (Å²) >= 11 is 0. The van der Waals surface area contributed by atoms with Crippen LogP contribution in [0.15, 0.2) is 36.5 Å². The Balaban J connectivity index is 1.97. The SMILES string of the molecule is COc1cc(C)c2[nH]ccc2c1C(C)(C)c1nc2cc(C#N)ccc2[nH]1. The Labute approximate surface area is 151 Å². The standard InChI is InChI=1S/C21H20N4O/c1-12-9-17(26-4)18(14-7-8-23-19(12)14)21(2,3)20-24-15-6-5-13(11-22)10-16(15)25-20/h5-10,23H,1-4H3,(H,24,25). The van der Waals surface area contributed by atoms with Crippen LogP contribution in [-0.4, -0.2) is 22.1 Å². The number of nitrogens with one attached hydrogen (secondary N) is 2. The highest BCUT2D eigenvalue weighted by molar-refractivity contribution is 5.90. The Morgan fingerprint density at radius 2 is 2.00 bits per heavy atom. The second-order valence-corrected chi connectivity index (χ2v) is 7.09. The van der Waals surface area contributed by atoms with E-state index < -0.39 is 5.41 Å². The molecule has 0 radical (unpaired) electrons. The van der Waals surface area contributed by atoms with Gasteiger partial charge >= 0.3 is 0 Å². The van der Waals surface area contributed by atoms with Gasteiger partial charge in [0.25, 0.3) is 0 Å². The first kappa shape index (κ1) is 16.2. The topological polar surface area (TPSA) is 77.5 Å². The van der Waals surface area contributed by atoms with Gasteiger partial charge in [-0.3, -0.25) is 0 Å². The number of nitrogens with zero attached hydrogens (tertiary/aromatic N) is 2. The zero-order chi connectivity index (χ0) is 18.5. The molecule has 26 heavy (non-hydrogen) atoms. The lowest BCUT2D eigenvalue weighted by atomic mass is 9.80. The predicted molar refractivity (Wildman–Crippen MR) is 103 cm³/mol. The second-order valence-electron chi connectivity index (χ2n) is 7.09. The molecule has 0 bridgehead atoms. The third-order valence-corrected chi connectivity index (χ3v) is 5.05. The smallest absolute Gasteiger partial charge is 0.124 e. The highest BCUT2D eigenvalue weighted by Gasteiger charge is 2.32. The third-order valence-electron chi connectivity index (χ3n) is 5.05. The van der Waals surface area contributed by atoms with Crippen molar-refractivity contribution in [2.24, 2.45) is 0 Å². The number of hydrogen-bond acceptors (Lipinski definition) is 3. The highest BCUT2D eigenvalue weighted by Crippen LogP contribution is 2.42. The number of nitriles is 1. The fourth-order valence-electron chi connectivity index (χ4n) is 3.67. The zero-order valence-electron chi connectivity index (χ0n) is 15.3. The molecule has 2 aromatic heterocycles. The Kier molecular flexibility index (Phi) is 3.52. The van der Waals surface area contributed by atoms with Crippen molar-refractivity contribution >= 4 is 21.9 Å². The minimum Gasteiger partial charge on any atom is -0.496 e. The van der Waals surface area contributed by atoms with Gasteiger partial charge in [-0.05, 0) is 56.7 Å². The van der Waals surface area contributed by atoms with Crippen LogP contribution in [0.4, 0.5) is 0 Å². The van der Waals surface area contributed by atoms with Gasteiger partial charge in [-0.15, -0.1) is 0 Å². The fourth-order valence-corrected chi connectivity index (χ4v) is 3.67. The van der Waals surface area contributed by atoms with Gasteiger partial charge in [0, 0.05) is 22.7 Å². The van der Waals surface area contributed by atoms with E-state index >= 15 is 0 Å². The number of aromatic nitrogens is 3. The van der Waals surface area contributed by atoms with Crippen molar-refractivity contribution in [1.82, 2.24) is 15.0 Å². The molecule has 4 aromatic rings.